The van der Waals surface area contributed by atoms with Gasteiger partial charge >= 0.3 is 0 Å². The van der Waals surface area contributed by atoms with Crippen LogP contribution in [0.3, 0.4) is 0 Å². The second-order valence-electron chi connectivity index (χ2n) is 19.2. The molecule has 0 bridgehead atoms. The van der Waals surface area contributed by atoms with Crippen LogP contribution < -0.4 is 4.90 Å². The number of nitrogens with zero attached hydrogens (tertiary/aromatic N) is 4. The summed E-state index contributed by atoms with van der Waals surface area (Å²) in [6, 6.07) is 103. The molecule has 0 saturated carbocycles. The van der Waals surface area contributed by atoms with Gasteiger partial charge in [0.1, 0.15) is 0 Å². The first kappa shape index (κ1) is 43.7. The third-order valence-electron chi connectivity index (χ3n) is 14.7. The molecule has 4 heteroatoms. The van der Waals surface area contributed by atoms with Crippen molar-refractivity contribution in [3.63, 3.8) is 0 Å². The second-order valence-corrected chi connectivity index (χ2v) is 19.2. The SMILES string of the molecule is c1ccc(-c2ccc(N(c3ccc(-c4ccccc4)cc3)c3ccc(-c4cc(-c5ccc6c(c5)c5ccccc5n6-c5ccccc5)cc(-c5ccc6c(c5)c5ccccc5n6-c5ccccc5)c4)nc3)cc2)cc1. The summed E-state index contributed by atoms with van der Waals surface area (Å²) in [6.45, 7) is 0. The summed E-state index contributed by atoms with van der Waals surface area (Å²) < 4.78 is 4.75. The minimum absolute atomic E-state index is 0.893. The summed E-state index contributed by atoms with van der Waals surface area (Å²) >= 11 is 0. The van der Waals surface area contributed by atoms with E-state index in [0.717, 1.165) is 61.9 Å². The molecule has 0 N–H and O–H groups in total. The van der Waals surface area contributed by atoms with Crippen LogP contribution in [0, 0.1) is 0 Å². The molecule has 3 aromatic heterocycles. The van der Waals surface area contributed by atoms with Gasteiger partial charge in [0.15, 0.2) is 0 Å². The van der Waals surface area contributed by atoms with E-state index < -0.39 is 0 Å². The Balaban J connectivity index is 0.912. The summed E-state index contributed by atoms with van der Waals surface area (Å²) in [7, 11) is 0. The molecular formula is C71H48N4. The zero-order valence-electron chi connectivity index (χ0n) is 41.0. The molecule has 0 atom stereocenters. The lowest BCUT2D eigenvalue weighted by Crippen LogP contribution is -2.10. The fourth-order valence-electron chi connectivity index (χ4n) is 11.1. The van der Waals surface area contributed by atoms with Gasteiger partial charge in [0.2, 0.25) is 0 Å². The van der Waals surface area contributed by atoms with E-state index in [1.807, 2.05) is 6.20 Å². The third-order valence-corrected chi connectivity index (χ3v) is 14.7. The Hall–Kier alpha value is -10.0. The Kier molecular flexibility index (Phi) is 10.8. The molecule has 0 amide bonds. The second kappa shape index (κ2) is 18.5. The standard InChI is InChI=1S/C71H48N4/c1-5-17-49(18-6-1)51-29-35-60(36-30-51)73(61-37-31-52(32-38-61)50-19-7-2-8-20-50)62-39-40-67(72-48-62)57-44-55(53-33-41-70-65(46-53)63-25-13-15-27-68(63)74(70)58-21-9-3-10-22-58)43-56(45-57)54-34-42-71-66(47-54)64-26-14-16-28-69(64)75(71)59-23-11-4-12-24-59/h1-48H. The fraction of sp³-hybridized carbons (Fsp3) is 0. The van der Waals surface area contributed by atoms with Gasteiger partial charge in [-0.05, 0) is 160 Å². The highest BCUT2D eigenvalue weighted by Gasteiger charge is 2.19. The molecule has 11 aromatic carbocycles. The van der Waals surface area contributed by atoms with E-state index in [0.29, 0.717) is 0 Å². The van der Waals surface area contributed by atoms with Crippen molar-refractivity contribution in [3.05, 3.63) is 291 Å². The normalized spacial score (nSPS) is 11.5. The molecule has 14 aromatic rings. The van der Waals surface area contributed by atoms with E-state index >= 15 is 0 Å². The molecule has 0 fully saturated rings. The predicted molar refractivity (Wildman–Crippen MR) is 315 cm³/mol. The van der Waals surface area contributed by atoms with Crippen molar-refractivity contribution in [1.82, 2.24) is 14.1 Å². The van der Waals surface area contributed by atoms with Crippen molar-refractivity contribution in [2.75, 3.05) is 4.90 Å². The zero-order valence-corrected chi connectivity index (χ0v) is 41.0. The van der Waals surface area contributed by atoms with Gasteiger partial charge < -0.3 is 14.0 Å². The Labute approximate surface area is 435 Å². The summed E-state index contributed by atoms with van der Waals surface area (Å²) in [5.74, 6) is 0. The number of anilines is 3. The first-order valence-corrected chi connectivity index (χ1v) is 25.6. The molecule has 0 aliphatic rings. The Morgan fingerprint density at radius 3 is 1.04 bits per heavy atom. The Morgan fingerprint density at radius 1 is 0.240 bits per heavy atom. The van der Waals surface area contributed by atoms with Crippen molar-refractivity contribution in [3.8, 4) is 67.1 Å². The Morgan fingerprint density at radius 2 is 0.600 bits per heavy atom. The smallest absolute Gasteiger partial charge is 0.0704 e. The van der Waals surface area contributed by atoms with Gasteiger partial charge in [-0.1, -0.05) is 170 Å². The maximum Gasteiger partial charge on any atom is 0.0704 e. The maximum absolute atomic E-state index is 5.33. The van der Waals surface area contributed by atoms with E-state index in [9.17, 15) is 0 Å². The highest BCUT2D eigenvalue weighted by Crippen LogP contribution is 2.42. The number of hydrogen-bond donors (Lipinski definition) is 0. The molecule has 0 unspecified atom stereocenters. The maximum atomic E-state index is 5.33. The van der Waals surface area contributed by atoms with Crippen LogP contribution in [0.15, 0.2) is 291 Å². The number of benzene rings is 11. The average molecular weight is 957 g/mol. The minimum atomic E-state index is 0.893. The van der Waals surface area contributed by atoms with Gasteiger partial charge in [-0.15, -0.1) is 0 Å². The van der Waals surface area contributed by atoms with Crippen LogP contribution in [0.25, 0.3) is 111 Å². The van der Waals surface area contributed by atoms with Crippen molar-refractivity contribution in [2.45, 2.75) is 0 Å². The number of pyridine rings is 1. The number of fused-ring (bicyclic) bond motifs is 6. The van der Waals surface area contributed by atoms with E-state index in [2.05, 4.69) is 299 Å². The van der Waals surface area contributed by atoms with Gasteiger partial charge in [-0.3, -0.25) is 4.98 Å². The van der Waals surface area contributed by atoms with Crippen LogP contribution in [0.5, 0.6) is 0 Å². The molecule has 4 nitrogen and oxygen atoms in total. The van der Waals surface area contributed by atoms with E-state index in [1.54, 1.807) is 0 Å². The molecule has 3 heterocycles. The van der Waals surface area contributed by atoms with Gasteiger partial charge in [-0.2, -0.15) is 0 Å². The summed E-state index contributed by atoms with van der Waals surface area (Å²) in [6.07, 6.45) is 2.02. The number of rotatable bonds is 10. The first-order chi connectivity index (χ1) is 37.2. The molecule has 0 radical (unpaired) electrons. The summed E-state index contributed by atoms with van der Waals surface area (Å²) in [4.78, 5) is 7.62. The zero-order chi connectivity index (χ0) is 49.7. The van der Waals surface area contributed by atoms with Crippen molar-refractivity contribution in [2.24, 2.45) is 0 Å². The van der Waals surface area contributed by atoms with Crippen LogP contribution in [0.2, 0.25) is 0 Å². The van der Waals surface area contributed by atoms with E-state index in [-0.39, 0.29) is 0 Å². The quantitative estimate of drug-likeness (QED) is 0.137. The van der Waals surface area contributed by atoms with Gasteiger partial charge in [0, 0.05) is 49.9 Å². The largest absolute Gasteiger partial charge is 0.309 e. The molecule has 14 rings (SSSR count). The monoisotopic (exact) mass is 956 g/mol. The topological polar surface area (TPSA) is 26.0 Å². The van der Waals surface area contributed by atoms with Gasteiger partial charge in [-0.25, -0.2) is 0 Å². The number of aromatic nitrogens is 3. The van der Waals surface area contributed by atoms with Crippen molar-refractivity contribution in [1.29, 1.82) is 0 Å². The number of para-hydroxylation sites is 4. The van der Waals surface area contributed by atoms with E-state index in [1.165, 1.54) is 65.9 Å². The average Bonchev–Trinajstić information content (AvgIpc) is 4.01. The number of hydrogen-bond acceptors (Lipinski definition) is 2. The summed E-state index contributed by atoms with van der Waals surface area (Å²) in [5.41, 5.74) is 21.3. The van der Waals surface area contributed by atoms with Crippen LogP contribution in [-0.4, -0.2) is 14.1 Å². The van der Waals surface area contributed by atoms with Crippen molar-refractivity contribution >= 4 is 60.7 Å². The lowest BCUT2D eigenvalue weighted by molar-refractivity contribution is 1.18. The van der Waals surface area contributed by atoms with Crippen LogP contribution in [0.1, 0.15) is 0 Å². The fourth-order valence-corrected chi connectivity index (χ4v) is 11.1. The third kappa shape index (κ3) is 7.93. The lowest BCUT2D eigenvalue weighted by Gasteiger charge is -2.26. The predicted octanol–water partition coefficient (Wildman–Crippen LogP) is 19.1. The van der Waals surface area contributed by atoms with E-state index in [4.69, 9.17) is 4.98 Å². The van der Waals surface area contributed by atoms with Gasteiger partial charge in [0.25, 0.3) is 0 Å². The molecule has 0 saturated heterocycles. The molecule has 0 spiro atoms. The molecule has 0 aliphatic heterocycles. The minimum Gasteiger partial charge on any atom is -0.309 e. The molecule has 352 valence electrons. The highest BCUT2D eigenvalue weighted by atomic mass is 15.1. The van der Waals surface area contributed by atoms with Crippen molar-refractivity contribution < 1.29 is 0 Å². The first-order valence-electron chi connectivity index (χ1n) is 25.6. The van der Waals surface area contributed by atoms with Gasteiger partial charge in [0.05, 0.1) is 39.6 Å². The van der Waals surface area contributed by atoms with Crippen LogP contribution >= 0.6 is 0 Å². The molecule has 75 heavy (non-hydrogen) atoms. The molecular weight excluding hydrogens is 909 g/mol. The highest BCUT2D eigenvalue weighted by molar-refractivity contribution is 6.12. The summed E-state index contributed by atoms with van der Waals surface area (Å²) in [5, 5.41) is 4.87. The molecule has 0 aliphatic carbocycles. The lowest BCUT2D eigenvalue weighted by atomic mass is 9.93. The van der Waals surface area contributed by atoms with Crippen LogP contribution in [-0.2, 0) is 0 Å². The Bertz CT molecular complexity index is 4090. The van der Waals surface area contributed by atoms with Crippen LogP contribution in [0.4, 0.5) is 17.1 Å².